The van der Waals surface area contributed by atoms with Gasteiger partial charge in [0.05, 0.1) is 8.44 Å². The summed E-state index contributed by atoms with van der Waals surface area (Å²) < 4.78 is 16.9. The number of benzene rings is 1. The van der Waals surface area contributed by atoms with Crippen molar-refractivity contribution >= 4 is 5.69 Å². The molecule has 1 aromatic rings. The zero-order valence-electron chi connectivity index (χ0n) is 14.8. The van der Waals surface area contributed by atoms with Crippen LogP contribution in [0.15, 0.2) is 47.8 Å². The van der Waals surface area contributed by atoms with Gasteiger partial charge in [-0.05, 0) is 50.3 Å². The molecule has 110 valence electrons. The zero-order chi connectivity index (χ0) is 16.2. The van der Waals surface area contributed by atoms with E-state index in [0.717, 1.165) is 5.70 Å². The number of anilines is 1. The smallest absolute Gasteiger partial charge is 0.109 e. The van der Waals surface area contributed by atoms with E-state index in [1.165, 1.54) is 42.6 Å². The van der Waals surface area contributed by atoms with Crippen LogP contribution in [0.1, 0.15) is 40.9 Å². The van der Waals surface area contributed by atoms with Crippen molar-refractivity contribution in [3.05, 3.63) is 53.4 Å². The van der Waals surface area contributed by atoms with Crippen LogP contribution in [-0.2, 0) is 0 Å². The van der Waals surface area contributed by atoms with Gasteiger partial charge in [0.25, 0.3) is 0 Å². The van der Waals surface area contributed by atoms with Gasteiger partial charge in [-0.1, -0.05) is 37.1 Å². The Labute approximate surface area is 130 Å². The molecule has 1 unspecified atom stereocenters. The van der Waals surface area contributed by atoms with E-state index in [0.29, 0.717) is 5.92 Å². The van der Waals surface area contributed by atoms with E-state index in [9.17, 15) is 0 Å². The molecule has 0 saturated heterocycles. The van der Waals surface area contributed by atoms with E-state index in [-0.39, 0.29) is 6.17 Å². The molecule has 1 aromatic carbocycles. The van der Waals surface area contributed by atoms with Crippen LogP contribution in [0, 0.1) is 12.8 Å². The molecule has 2 nitrogen and oxygen atoms in total. The quantitative estimate of drug-likeness (QED) is 0.791. The van der Waals surface area contributed by atoms with Crippen LogP contribution < -0.4 is 4.90 Å². The van der Waals surface area contributed by atoms with Crippen molar-refractivity contribution in [2.75, 3.05) is 11.4 Å². The summed E-state index contributed by atoms with van der Waals surface area (Å²) in [5, 5.41) is 0. The van der Waals surface area contributed by atoms with Crippen molar-refractivity contribution < 1.29 is 2.74 Å². The Bertz CT molecular complexity index is 686. The third-order valence-electron chi connectivity index (χ3n) is 5.17. The molecular weight excluding hydrogens is 256 g/mol. The summed E-state index contributed by atoms with van der Waals surface area (Å²) in [6.45, 7) is 2.89. The van der Waals surface area contributed by atoms with E-state index in [2.05, 4.69) is 43.0 Å². The van der Waals surface area contributed by atoms with Crippen LogP contribution >= 0.6 is 0 Å². The Morgan fingerprint density at radius 2 is 1.90 bits per heavy atom. The summed E-state index contributed by atoms with van der Waals surface area (Å²) in [6.07, 6.45) is 8.69. The monoisotopic (exact) mass is 282 g/mol. The van der Waals surface area contributed by atoms with Crippen LogP contribution in [0.3, 0.4) is 0 Å². The number of fused-ring (bicyclic) bond motifs is 1. The van der Waals surface area contributed by atoms with Crippen molar-refractivity contribution in [3.8, 4) is 0 Å². The number of allylic oxidation sites excluding steroid dienone is 2. The Balaban J connectivity index is 1.84. The summed E-state index contributed by atoms with van der Waals surface area (Å²) in [4.78, 5) is 4.41. The molecule has 2 aliphatic heterocycles. The van der Waals surface area contributed by atoms with Crippen LogP contribution in [-0.4, -0.2) is 17.6 Å². The molecule has 2 heteroatoms. The highest BCUT2D eigenvalue weighted by molar-refractivity contribution is 5.62. The summed E-state index contributed by atoms with van der Waals surface area (Å²) >= 11 is 0. The standard InChI is InChI=1S/C19H24N2/c1-14-8-3-6-11-17(14)21-15(2)18-12-7-13-20(18)19(21)16-9-4-5-10-16/h3,6-8,11-12,16,19H,4-5,9-10,13H2,1-2H3/i13D2. The highest BCUT2D eigenvalue weighted by Gasteiger charge is 2.42. The largest absolute Gasteiger partial charge is 0.345 e. The fraction of sp³-hybridized carbons (Fsp3) is 0.474. The van der Waals surface area contributed by atoms with Crippen LogP contribution in [0.4, 0.5) is 5.69 Å². The molecule has 21 heavy (non-hydrogen) atoms. The van der Waals surface area contributed by atoms with Gasteiger partial charge in [0.15, 0.2) is 0 Å². The third-order valence-corrected chi connectivity index (χ3v) is 5.17. The van der Waals surface area contributed by atoms with E-state index in [1.807, 2.05) is 11.0 Å². The highest BCUT2D eigenvalue weighted by Crippen LogP contribution is 2.44. The minimum Gasteiger partial charge on any atom is -0.345 e. The second-order valence-electron chi connectivity index (χ2n) is 6.42. The van der Waals surface area contributed by atoms with E-state index >= 15 is 0 Å². The fourth-order valence-corrected chi connectivity index (χ4v) is 4.13. The minimum atomic E-state index is -1.39. The molecule has 0 radical (unpaired) electrons. The summed E-state index contributed by atoms with van der Waals surface area (Å²) in [5.41, 5.74) is 4.69. The van der Waals surface area contributed by atoms with Gasteiger partial charge in [0.1, 0.15) is 6.17 Å². The Hall–Kier alpha value is -1.70. The predicted octanol–water partition coefficient (Wildman–Crippen LogP) is 4.43. The lowest BCUT2D eigenvalue weighted by Crippen LogP contribution is -2.44. The highest BCUT2D eigenvalue weighted by atomic mass is 15.4. The average Bonchev–Trinajstić information content (AvgIpc) is 3.19. The number of rotatable bonds is 2. The molecule has 0 N–H and O–H groups in total. The minimum absolute atomic E-state index is 0.0959. The summed E-state index contributed by atoms with van der Waals surface area (Å²) in [5.74, 6) is 0.525. The molecule has 0 aromatic heterocycles. The maximum Gasteiger partial charge on any atom is 0.109 e. The molecule has 1 saturated carbocycles. The fourth-order valence-electron chi connectivity index (χ4n) is 4.13. The molecule has 0 spiro atoms. The maximum absolute atomic E-state index is 8.45. The normalized spacial score (nSPS) is 29.1. The van der Waals surface area contributed by atoms with Crippen LogP contribution in [0.2, 0.25) is 0 Å². The Kier molecular flexibility index (Phi) is 2.57. The maximum atomic E-state index is 8.45. The number of hydrogen-bond acceptors (Lipinski definition) is 2. The van der Waals surface area contributed by atoms with Gasteiger partial charge in [-0.15, -0.1) is 0 Å². The van der Waals surface area contributed by atoms with E-state index < -0.39 is 6.50 Å². The number of aryl methyl sites for hydroxylation is 1. The average molecular weight is 282 g/mol. The molecular formula is C19H24N2. The zero-order valence-corrected chi connectivity index (χ0v) is 12.8. The molecule has 1 fully saturated rings. The van der Waals surface area contributed by atoms with Crippen molar-refractivity contribution in [2.45, 2.75) is 45.7 Å². The number of para-hydroxylation sites is 1. The number of nitrogens with zero attached hydrogens (tertiary/aromatic N) is 2. The van der Waals surface area contributed by atoms with Crippen molar-refractivity contribution in [2.24, 2.45) is 5.92 Å². The lowest BCUT2D eigenvalue weighted by molar-refractivity contribution is 0.235. The first-order valence-electron chi connectivity index (χ1n) is 9.05. The molecule has 2 heterocycles. The summed E-state index contributed by atoms with van der Waals surface area (Å²) in [7, 11) is 0. The van der Waals surface area contributed by atoms with Gasteiger partial charge in [0, 0.05) is 17.9 Å². The van der Waals surface area contributed by atoms with Gasteiger partial charge in [-0.2, -0.15) is 0 Å². The topological polar surface area (TPSA) is 6.48 Å². The second kappa shape index (κ2) is 4.94. The molecule has 0 bridgehead atoms. The van der Waals surface area contributed by atoms with Gasteiger partial charge < -0.3 is 9.80 Å². The van der Waals surface area contributed by atoms with Gasteiger partial charge in [-0.25, -0.2) is 0 Å². The van der Waals surface area contributed by atoms with E-state index in [4.69, 9.17) is 2.74 Å². The van der Waals surface area contributed by atoms with Gasteiger partial charge >= 0.3 is 0 Å². The van der Waals surface area contributed by atoms with Crippen molar-refractivity contribution in [3.63, 3.8) is 0 Å². The first-order valence-corrected chi connectivity index (χ1v) is 8.05. The molecule has 0 amide bonds. The first kappa shape index (κ1) is 10.9. The lowest BCUT2D eigenvalue weighted by atomic mass is 10.0. The molecule has 3 aliphatic rings. The Morgan fingerprint density at radius 3 is 2.67 bits per heavy atom. The van der Waals surface area contributed by atoms with Crippen LogP contribution in [0.25, 0.3) is 0 Å². The van der Waals surface area contributed by atoms with Gasteiger partial charge in [-0.3, -0.25) is 0 Å². The second-order valence-corrected chi connectivity index (χ2v) is 6.42. The summed E-state index contributed by atoms with van der Waals surface area (Å²) in [6, 6.07) is 8.47. The molecule has 1 aliphatic carbocycles. The third kappa shape index (κ3) is 1.92. The van der Waals surface area contributed by atoms with Gasteiger partial charge in [0.2, 0.25) is 0 Å². The molecule has 1 atom stereocenters. The predicted molar refractivity (Wildman–Crippen MR) is 88.0 cm³/mol. The molecule has 4 rings (SSSR count). The van der Waals surface area contributed by atoms with Crippen molar-refractivity contribution in [1.29, 1.82) is 0 Å². The SMILES string of the molecule is [2H]C1([2H])C=CC2=C(C)N(c3ccccc3C)C(C3CCCC3)N21. The lowest BCUT2D eigenvalue weighted by Gasteiger charge is -2.38. The van der Waals surface area contributed by atoms with Crippen molar-refractivity contribution in [1.82, 2.24) is 4.90 Å². The van der Waals surface area contributed by atoms with Crippen LogP contribution in [0.5, 0.6) is 0 Å². The number of hydrogen-bond donors (Lipinski definition) is 0. The Morgan fingerprint density at radius 1 is 1.14 bits per heavy atom. The van der Waals surface area contributed by atoms with E-state index in [1.54, 1.807) is 6.08 Å². The first-order chi connectivity index (χ1) is 11.0.